The van der Waals surface area contributed by atoms with Crippen molar-refractivity contribution < 1.29 is 0 Å². The van der Waals surface area contributed by atoms with Gasteiger partial charge in [0.05, 0.1) is 0 Å². The molecule has 1 fully saturated rings. The SMILES string of the molecule is NCC1CCCCC1N1CCc2ccccc2CC1. The van der Waals surface area contributed by atoms with Gasteiger partial charge in [-0.05, 0) is 49.3 Å². The van der Waals surface area contributed by atoms with Crippen molar-refractivity contribution in [1.82, 2.24) is 4.90 Å². The van der Waals surface area contributed by atoms with Crippen LogP contribution in [0.3, 0.4) is 0 Å². The lowest BCUT2D eigenvalue weighted by Gasteiger charge is -2.39. The van der Waals surface area contributed by atoms with Crippen LogP contribution in [-0.2, 0) is 12.8 Å². The highest BCUT2D eigenvalue weighted by molar-refractivity contribution is 5.28. The molecule has 1 saturated carbocycles. The van der Waals surface area contributed by atoms with Crippen molar-refractivity contribution in [2.45, 2.75) is 44.6 Å². The van der Waals surface area contributed by atoms with Crippen molar-refractivity contribution in [1.29, 1.82) is 0 Å². The summed E-state index contributed by atoms with van der Waals surface area (Å²) in [5.74, 6) is 0.731. The highest BCUT2D eigenvalue weighted by atomic mass is 15.2. The molecule has 3 rings (SSSR count). The molecule has 0 aromatic heterocycles. The van der Waals surface area contributed by atoms with Crippen LogP contribution in [-0.4, -0.2) is 30.6 Å². The number of hydrogen-bond donors (Lipinski definition) is 1. The predicted molar refractivity (Wildman–Crippen MR) is 80.2 cm³/mol. The molecule has 2 heteroatoms. The van der Waals surface area contributed by atoms with Gasteiger partial charge in [-0.2, -0.15) is 0 Å². The number of nitrogens with two attached hydrogens (primary N) is 1. The van der Waals surface area contributed by atoms with E-state index < -0.39 is 0 Å². The van der Waals surface area contributed by atoms with E-state index in [2.05, 4.69) is 29.2 Å². The van der Waals surface area contributed by atoms with Crippen LogP contribution < -0.4 is 5.73 Å². The summed E-state index contributed by atoms with van der Waals surface area (Å²) in [7, 11) is 0. The molecule has 1 heterocycles. The molecule has 1 aromatic rings. The molecule has 19 heavy (non-hydrogen) atoms. The van der Waals surface area contributed by atoms with Crippen molar-refractivity contribution in [3.63, 3.8) is 0 Å². The Hall–Kier alpha value is -0.860. The number of fused-ring (bicyclic) bond motifs is 1. The first-order valence-corrected chi connectivity index (χ1v) is 7.89. The van der Waals surface area contributed by atoms with E-state index in [1.165, 1.54) is 51.6 Å². The van der Waals surface area contributed by atoms with Gasteiger partial charge in [0.1, 0.15) is 0 Å². The van der Waals surface area contributed by atoms with E-state index in [4.69, 9.17) is 5.73 Å². The summed E-state index contributed by atoms with van der Waals surface area (Å²) in [5, 5.41) is 0. The lowest BCUT2D eigenvalue weighted by atomic mass is 9.83. The third kappa shape index (κ3) is 2.85. The van der Waals surface area contributed by atoms with Crippen LogP contribution >= 0.6 is 0 Å². The number of benzene rings is 1. The smallest absolute Gasteiger partial charge is 0.0136 e. The first-order chi connectivity index (χ1) is 9.38. The molecular formula is C17H26N2. The summed E-state index contributed by atoms with van der Waals surface area (Å²) in [6.45, 7) is 3.31. The predicted octanol–water partition coefficient (Wildman–Crippen LogP) is 2.60. The molecule has 0 radical (unpaired) electrons. The van der Waals surface area contributed by atoms with Crippen molar-refractivity contribution in [3.05, 3.63) is 35.4 Å². The fourth-order valence-corrected chi connectivity index (χ4v) is 3.96. The maximum atomic E-state index is 6.00. The minimum Gasteiger partial charge on any atom is -0.330 e. The monoisotopic (exact) mass is 258 g/mol. The molecule has 0 bridgehead atoms. The lowest BCUT2D eigenvalue weighted by molar-refractivity contribution is 0.111. The molecule has 1 aliphatic carbocycles. The van der Waals surface area contributed by atoms with Gasteiger partial charge in [-0.1, -0.05) is 37.1 Å². The van der Waals surface area contributed by atoms with E-state index >= 15 is 0 Å². The van der Waals surface area contributed by atoms with E-state index in [0.29, 0.717) is 0 Å². The normalized spacial score (nSPS) is 28.7. The minimum atomic E-state index is 0.731. The van der Waals surface area contributed by atoms with Crippen molar-refractivity contribution in [3.8, 4) is 0 Å². The van der Waals surface area contributed by atoms with Crippen LogP contribution in [0.1, 0.15) is 36.8 Å². The van der Waals surface area contributed by atoms with E-state index in [1.54, 1.807) is 11.1 Å². The van der Waals surface area contributed by atoms with Crippen LogP contribution in [0.15, 0.2) is 24.3 Å². The van der Waals surface area contributed by atoms with Gasteiger partial charge in [0, 0.05) is 19.1 Å². The Morgan fingerprint density at radius 1 is 1.00 bits per heavy atom. The van der Waals surface area contributed by atoms with E-state index in [1.807, 2.05) is 0 Å². The van der Waals surface area contributed by atoms with Crippen molar-refractivity contribution in [2.75, 3.05) is 19.6 Å². The van der Waals surface area contributed by atoms with E-state index in [-0.39, 0.29) is 0 Å². The fraction of sp³-hybridized carbons (Fsp3) is 0.647. The van der Waals surface area contributed by atoms with Crippen LogP contribution in [0, 0.1) is 5.92 Å². The van der Waals surface area contributed by atoms with Crippen molar-refractivity contribution >= 4 is 0 Å². The first-order valence-electron chi connectivity index (χ1n) is 7.89. The molecule has 0 spiro atoms. The Morgan fingerprint density at radius 2 is 1.63 bits per heavy atom. The Balaban J connectivity index is 1.70. The highest BCUT2D eigenvalue weighted by Crippen LogP contribution is 2.29. The van der Waals surface area contributed by atoms with Crippen LogP contribution in [0.25, 0.3) is 0 Å². The summed E-state index contributed by atoms with van der Waals surface area (Å²) in [6, 6.07) is 9.71. The summed E-state index contributed by atoms with van der Waals surface area (Å²) < 4.78 is 0. The summed E-state index contributed by atoms with van der Waals surface area (Å²) in [5.41, 5.74) is 9.12. The maximum absolute atomic E-state index is 6.00. The summed E-state index contributed by atoms with van der Waals surface area (Å²) >= 11 is 0. The van der Waals surface area contributed by atoms with Gasteiger partial charge < -0.3 is 5.73 Å². The van der Waals surface area contributed by atoms with Gasteiger partial charge in [-0.3, -0.25) is 4.90 Å². The molecule has 2 nitrogen and oxygen atoms in total. The summed E-state index contributed by atoms with van der Waals surface area (Å²) in [6.07, 6.45) is 7.90. The highest BCUT2D eigenvalue weighted by Gasteiger charge is 2.29. The molecule has 0 amide bonds. The lowest BCUT2D eigenvalue weighted by Crippen LogP contribution is -2.46. The molecule has 2 unspecified atom stereocenters. The van der Waals surface area contributed by atoms with Gasteiger partial charge in [0.15, 0.2) is 0 Å². The van der Waals surface area contributed by atoms with Crippen molar-refractivity contribution in [2.24, 2.45) is 11.7 Å². The van der Waals surface area contributed by atoms with Gasteiger partial charge in [-0.25, -0.2) is 0 Å². The van der Waals surface area contributed by atoms with Gasteiger partial charge in [-0.15, -0.1) is 0 Å². The third-order valence-corrected chi connectivity index (χ3v) is 5.10. The largest absolute Gasteiger partial charge is 0.330 e. The fourth-order valence-electron chi connectivity index (χ4n) is 3.96. The Bertz CT molecular complexity index is 388. The second-order valence-electron chi connectivity index (χ2n) is 6.15. The maximum Gasteiger partial charge on any atom is 0.0136 e. The van der Waals surface area contributed by atoms with Gasteiger partial charge >= 0.3 is 0 Å². The average molecular weight is 258 g/mol. The molecule has 2 atom stereocenters. The zero-order valence-electron chi connectivity index (χ0n) is 11.9. The number of rotatable bonds is 2. The molecule has 2 aliphatic rings. The van der Waals surface area contributed by atoms with Gasteiger partial charge in [0.2, 0.25) is 0 Å². The van der Waals surface area contributed by atoms with Crippen LogP contribution in [0.5, 0.6) is 0 Å². The standard InChI is InChI=1S/C17H26N2/c18-13-16-7-3-4-8-17(16)19-11-9-14-5-1-2-6-15(14)10-12-19/h1-2,5-6,16-17H,3-4,7-13,18H2. The third-order valence-electron chi connectivity index (χ3n) is 5.10. The molecule has 1 aliphatic heterocycles. The zero-order chi connectivity index (χ0) is 13.1. The second kappa shape index (κ2) is 6.06. The summed E-state index contributed by atoms with van der Waals surface area (Å²) in [4.78, 5) is 2.73. The zero-order valence-corrected chi connectivity index (χ0v) is 11.9. The first kappa shape index (κ1) is 13.1. The number of hydrogen-bond acceptors (Lipinski definition) is 2. The van der Waals surface area contributed by atoms with Crippen LogP contribution in [0.2, 0.25) is 0 Å². The van der Waals surface area contributed by atoms with E-state index in [9.17, 15) is 0 Å². The molecular weight excluding hydrogens is 232 g/mol. The van der Waals surface area contributed by atoms with Gasteiger partial charge in [0.25, 0.3) is 0 Å². The molecule has 0 saturated heterocycles. The Labute approximate surface area is 117 Å². The van der Waals surface area contributed by atoms with E-state index in [0.717, 1.165) is 18.5 Å². The Kier molecular flexibility index (Phi) is 4.19. The second-order valence-corrected chi connectivity index (χ2v) is 6.15. The topological polar surface area (TPSA) is 29.3 Å². The minimum absolute atomic E-state index is 0.731. The average Bonchev–Trinajstić information content (AvgIpc) is 2.70. The molecule has 104 valence electrons. The quantitative estimate of drug-likeness (QED) is 0.883. The Morgan fingerprint density at radius 3 is 2.26 bits per heavy atom. The number of nitrogens with zero attached hydrogens (tertiary/aromatic N) is 1. The molecule has 2 N–H and O–H groups in total. The van der Waals surface area contributed by atoms with Crippen LogP contribution in [0.4, 0.5) is 0 Å². The molecule has 1 aromatic carbocycles.